The molecule has 0 aromatic carbocycles. The lowest BCUT2D eigenvalue weighted by molar-refractivity contribution is -0.138. The molecule has 12 heteroatoms. The van der Waals surface area contributed by atoms with Gasteiger partial charge in [0.15, 0.2) is 0 Å². The minimum absolute atomic E-state index is 0.0230. The third kappa shape index (κ3) is 13.5. The van der Waals surface area contributed by atoms with Gasteiger partial charge in [-0.15, -0.1) is 0 Å². The molecule has 0 aliphatic carbocycles. The molecule has 12 nitrogen and oxygen atoms in total. The molecular weight excluding hydrogens is 600 g/mol. The maximum atomic E-state index is 13.8. The molecule has 0 spiro atoms. The fourth-order valence-electron chi connectivity index (χ4n) is 5.59. The van der Waals surface area contributed by atoms with Gasteiger partial charge in [-0.05, 0) is 54.8 Å². The van der Waals surface area contributed by atoms with Crippen molar-refractivity contribution in [3.8, 4) is 0 Å². The number of hydrogen-bond acceptors (Lipinski definition) is 6. The summed E-state index contributed by atoms with van der Waals surface area (Å²) >= 11 is 0. The molecule has 1 aliphatic rings. The highest BCUT2D eigenvalue weighted by Crippen LogP contribution is 2.16. The monoisotopic (exact) mass is 664 g/mol. The van der Waals surface area contributed by atoms with Gasteiger partial charge in [0.25, 0.3) is 0 Å². The molecule has 8 unspecified atom stereocenters. The first-order chi connectivity index (χ1) is 21.8. The third-order valence-corrected chi connectivity index (χ3v) is 8.85. The van der Waals surface area contributed by atoms with Crippen LogP contribution < -0.4 is 31.9 Å². The molecule has 1 heterocycles. The average molecular weight is 665 g/mol. The van der Waals surface area contributed by atoms with E-state index < -0.39 is 71.7 Å². The predicted molar refractivity (Wildman–Crippen MR) is 184 cm³/mol. The lowest BCUT2D eigenvalue weighted by Crippen LogP contribution is -2.63. The van der Waals surface area contributed by atoms with Gasteiger partial charge >= 0.3 is 0 Å². The number of nitrogens with one attached hydrogen (secondary N) is 6. The van der Waals surface area contributed by atoms with Crippen molar-refractivity contribution in [2.75, 3.05) is 0 Å². The van der Waals surface area contributed by atoms with Crippen LogP contribution in [0.2, 0.25) is 0 Å². The summed E-state index contributed by atoms with van der Waals surface area (Å²) in [6, 6.07) is -5.88. The second kappa shape index (κ2) is 19.6. The fraction of sp³-hybridized carbons (Fsp3) is 0.829. The largest absolute Gasteiger partial charge is 0.343 e. The highest BCUT2D eigenvalue weighted by Gasteiger charge is 2.38. The van der Waals surface area contributed by atoms with Gasteiger partial charge in [-0.25, -0.2) is 0 Å². The summed E-state index contributed by atoms with van der Waals surface area (Å²) in [5.41, 5.74) is 0. The van der Waals surface area contributed by atoms with Crippen LogP contribution in [0.25, 0.3) is 0 Å². The fourth-order valence-corrected chi connectivity index (χ4v) is 5.59. The van der Waals surface area contributed by atoms with Gasteiger partial charge in [0.2, 0.25) is 35.4 Å². The van der Waals surface area contributed by atoms with Crippen molar-refractivity contribution >= 4 is 35.4 Å². The van der Waals surface area contributed by atoms with Crippen molar-refractivity contribution in [1.82, 2.24) is 31.9 Å². The molecule has 6 amide bonds. The van der Waals surface area contributed by atoms with Gasteiger partial charge < -0.3 is 31.9 Å². The van der Waals surface area contributed by atoms with Crippen LogP contribution >= 0.6 is 0 Å². The van der Waals surface area contributed by atoms with Gasteiger partial charge in [-0.3, -0.25) is 28.8 Å². The van der Waals surface area contributed by atoms with Crippen molar-refractivity contribution < 1.29 is 28.8 Å². The lowest BCUT2D eigenvalue weighted by atomic mass is 9.94. The quantitative estimate of drug-likeness (QED) is 0.198. The zero-order valence-corrected chi connectivity index (χ0v) is 30.9. The Morgan fingerprint density at radius 3 is 0.957 bits per heavy atom. The van der Waals surface area contributed by atoms with E-state index in [1.165, 1.54) is 0 Å². The smallest absolute Gasteiger partial charge is 0.243 e. The molecular formula is C35H64N6O6. The van der Waals surface area contributed by atoms with Gasteiger partial charge in [0.1, 0.15) is 36.3 Å². The van der Waals surface area contributed by atoms with Crippen LogP contribution in [-0.4, -0.2) is 71.7 Å². The second-order valence-corrected chi connectivity index (χ2v) is 15.0. The Hall–Kier alpha value is -3.18. The predicted octanol–water partition coefficient (Wildman–Crippen LogP) is 2.80. The maximum Gasteiger partial charge on any atom is 0.243 e. The summed E-state index contributed by atoms with van der Waals surface area (Å²) in [6.45, 7) is 22.6. The maximum absolute atomic E-state index is 13.8. The van der Waals surface area contributed by atoms with Gasteiger partial charge in [0.05, 0.1) is 0 Å². The summed E-state index contributed by atoms with van der Waals surface area (Å²) in [5.74, 6) is -3.98. The van der Waals surface area contributed by atoms with Crippen molar-refractivity contribution in [3.05, 3.63) is 0 Å². The van der Waals surface area contributed by atoms with Crippen LogP contribution in [0.5, 0.6) is 0 Å². The first-order valence-corrected chi connectivity index (χ1v) is 17.6. The molecule has 0 bridgehead atoms. The summed E-state index contributed by atoms with van der Waals surface area (Å²) < 4.78 is 0. The van der Waals surface area contributed by atoms with Crippen LogP contribution in [0.3, 0.4) is 0 Å². The molecule has 6 N–H and O–H groups in total. The summed E-state index contributed by atoms with van der Waals surface area (Å²) in [6.07, 6.45) is 2.03. The Morgan fingerprint density at radius 1 is 0.404 bits per heavy atom. The average Bonchev–Trinajstić information content (AvgIpc) is 2.97. The van der Waals surface area contributed by atoms with E-state index in [4.69, 9.17) is 0 Å². The topological polar surface area (TPSA) is 175 Å². The molecule has 1 aliphatic heterocycles. The zero-order valence-electron chi connectivity index (χ0n) is 30.9. The minimum Gasteiger partial charge on any atom is -0.343 e. The molecule has 0 radical (unpaired) electrons. The lowest BCUT2D eigenvalue weighted by Gasteiger charge is -2.32. The molecule has 47 heavy (non-hydrogen) atoms. The molecule has 0 aromatic heterocycles. The summed E-state index contributed by atoms with van der Waals surface area (Å²) in [7, 11) is 0. The van der Waals surface area contributed by atoms with Crippen molar-refractivity contribution in [1.29, 1.82) is 0 Å². The molecule has 8 atom stereocenters. The molecule has 1 fully saturated rings. The van der Waals surface area contributed by atoms with E-state index in [0.29, 0.717) is 32.1 Å². The molecule has 270 valence electrons. The SMILES string of the molecule is CCC(C)C1NC(=O)C(CC(C)C)NC(=O)C(CC(C)C)NC(=O)C(C(C)C)NC(=O)C(C(C)CC)NC(=O)C(CC(C)C)NC1=O. The number of carbonyl (C=O) groups is 6. The Balaban J connectivity index is 3.80. The zero-order chi connectivity index (χ0) is 36.2. The van der Waals surface area contributed by atoms with Gasteiger partial charge in [-0.2, -0.15) is 0 Å². The highest BCUT2D eigenvalue weighted by atomic mass is 16.2. The van der Waals surface area contributed by atoms with E-state index in [-0.39, 0.29) is 35.5 Å². The van der Waals surface area contributed by atoms with E-state index in [0.717, 1.165) is 0 Å². The molecule has 0 aromatic rings. The molecule has 0 saturated carbocycles. The second-order valence-electron chi connectivity index (χ2n) is 15.0. The third-order valence-electron chi connectivity index (χ3n) is 8.85. The van der Waals surface area contributed by atoms with Crippen LogP contribution in [0, 0.1) is 35.5 Å². The molecule has 1 saturated heterocycles. The standard InChI is InChI=1S/C35H64N6O6/c1-13-22(11)28-34(46)38-26(17-20(7)8)32(44)41-29(23(12)14-2)35(47)39-27(21(9)10)33(45)37-24(15-18(3)4)30(42)36-25(16-19(5)6)31(43)40-28/h18-29H,13-17H2,1-12H3,(H,36,42)(H,37,45)(H,38,46)(H,39,47)(H,40,43)(H,41,44). The molecule has 1 rings (SSSR count). The van der Waals surface area contributed by atoms with Crippen molar-refractivity contribution in [2.24, 2.45) is 35.5 Å². The van der Waals surface area contributed by atoms with Crippen molar-refractivity contribution in [2.45, 2.75) is 151 Å². The first kappa shape index (κ1) is 41.8. The number of amides is 6. The van der Waals surface area contributed by atoms with Gasteiger partial charge in [-0.1, -0.05) is 95.9 Å². The van der Waals surface area contributed by atoms with Crippen LogP contribution in [0.4, 0.5) is 0 Å². The number of rotatable bonds is 11. The summed E-state index contributed by atoms with van der Waals surface area (Å²) in [4.78, 5) is 82.6. The van der Waals surface area contributed by atoms with Gasteiger partial charge in [0, 0.05) is 0 Å². The van der Waals surface area contributed by atoms with E-state index in [1.54, 1.807) is 13.8 Å². The normalized spacial score (nSPS) is 27.3. The number of hydrogen-bond donors (Lipinski definition) is 6. The highest BCUT2D eigenvalue weighted by molar-refractivity contribution is 5.98. The van der Waals surface area contributed by atoms with Crippen LogP contribution in [0.1, 0.15) is 115 Å². The Bertz CT molecular complexity index is 1080. The van der Waals surface area contributed by atoms with E-state index in [2.05, 4.69) is 31.9 Å². The van der Waals surface area contributed by atoms with Crippen molar-refractivity contribution in [3.63, 3.8) is 0 Å². The van der Waals surface area contributed by atoms with E-state index in [9.17, 15) is 28.8 Å². The first-order valence-electron chi connectivity index (χ1n) is 17.6. The Kier molecular flexibility index (Phi) is 17.4. The van der Waals surface area contributed by atoms with Crippen LogP contribution in [-0.2, 0) is 28.8 Å². The Morgan fingerprint density at radius 2 is 0.660 bits per heavy atom. The Labute approximate surface area is 282 Å². The van der Waals surface area contributed by atoms with E-state index in [1.807, 2.05) is 69.2 Å². The summed E-state index contributed by atoms with van der Waals surface area (Å²) in [5, 5.41) is 17.1. The van der Waals surface area contributed by atoms with Crippen LogP contribution in [0.15, 0.2) is 0 Å². The number of carbonyl (C=O) groups excluding carboxylic acids is 6. The minimum atomic E-state index is -0.996. The van der Waals surface area contributed by atoms with E-state index >= 15 is 0 Å².